The molecule has 4 rings (SSSR count). The van der Waals surface area contributed by atoms with Crippen molar-refractivity contribution in [3.63, 3.8) is 0 Å². The van der Waals surface area contributed by atoms with Gasteiger partial charge in [-0.2, -0.15) is 5.10 Å². The molecule has 4 aromatic rings. The summed E-state index contributed by atoms with van der Waals surface area (Å²) in [5.41, 5.74) is 0.399. The van der Waals surface area contributed by atoms with Gasteiger partial charge in [-0.05, 0) is 18.2 Å². The number of carboxylic acid groups (broad SMARTS) is 1. The molecule has 1 unspecified atom stereocenters. The number of aliphatic carboxylic acids is 1. The van der Waals surface area contributed by atoms with Crippen LogP contribution in [0.1, 0.15) is 16.6 Å². The number of thiazole rings is 1. The molecule has 0 spiro atoms. The van der Waals surface area contributed by atoms with Crippen molar-refractivity contribution >= 4 is 38.3 Å². The number of aromatic amines is 1. The molecule has 0 saturated heterocycles. The van der Waals surface area contributed by atoms with E-state index in [2.05, 4.69) is 15.2 Å². The Morgan fingerprint density at radius 1 is 1.23 bits per heavy atom. The van der Waals surface area contributed by atoms with E-state index in [-0.39, 0.29) is 17.7 Å². The summed E-state index contributed by atoms with van der Waals surface area (Å²) in [6.45, 7) is 0. The van der Waals surface area contributed by atoms with Crippen LogP contribution in [0.5, 0.6) is 0 Å². The Morgan fingerprint density at radius 3 is 2.77 bits per heavy atom. The van der Waals surface area contributed by atoms with Crippen LogP contribution in [0.2, 0.25) is 0 Å². The normalized spacial score (nSPS) is 12.5. The van der Waals surface area contributed by atoms with E-state index in [1.165, 1.54) is 23.5 Å². The molecule has 2 aromatic heterocycles. The van der Waals surface area contributed by atoms with Gasteiger partial charge in [0, 0.05) is 17.9 Å². The Kier molecular flexibility index (Phi) is 3.96. The largest absolute Gasteiger partial charge is 0.481 e. The Bertz CT molecular complexity index is 1200. The van der Waals surface area contributed by atoms with Gasteiger partial charge in [0.1, 0.15) is 11.7 Å². The maximum atomic E-state index is 13.3. The molecule has 130 valence electrons. The second-order valence-corrected chi connectivity index (χ2v) is 6.91. The van der Waals surface area contributed by atoms with Crippen molar-refractivity contribution < 1.29 is 14.3 Å². The minimum absolute atomic E-state index is 0.0966. The van der Waals surface area contributed by atoms with Crippen LogP contribution < -0.4 is 5.56 Å². The van der Waals surface area contributed by atoms with Crippen LogP contribution in [0.25, 0.3) is 21.0 Å². The highest BCUT2D eigenvalue weighted by Gasteiger charge is 2.26. The lowest BCUT2D eigenvalue weighted by Crippen LogP contribution is -2.20. The van der Waals surface area contributed by atoms with E-state index in [1.54, 1.807) is 30.3 Å². The topological polar surface area (TPSA) is 95.9 Å². The van der Waals surface area contributed by atoms with E-state index >= 15 is 0 Å². The summed E-state index contributed by atoms with van der Waals surface area (Å²) in [6.07, 6.45) is 0.0966. The lowest BCUT2D eigenvalue weighted by Gasteiger charge is -2.12. The van der Waals surface area contributed by atoms with Gasteiger partial charge < -0.3 is 5.11 Å². The third-order valence-electron chi connectivity index (χ3n) is 4.13. The fraction of sp³-hybridized carbons (Fsp3) is 0.111. The molecular formula is C18H12FN3O3S. The molecule has 0 amide bonds. The number of carboxylic acids is 1. The van der Waals surface area contributed by atoms with Gasteiger partial charge in [0.15, 0.2) is 0 Å². The number of nitrogens with zero attached hydrogens (tertiary/aromatic N) is 2. The van der Waals surface area contributed by atoms with E-state index in [4.69, 9.17) is 0 Å². The second-order valence-electron chi connectivity index (χ2n) is 5.80. The molecule has 0 fully saturated rings. The average Bonchev–Trinajstić information content (AvgIpc) is 3.02. The Hall–Kier alpha value is -3.13. The van der Waals surface area contributed by atoms with Crippen molar-refractivity contribution in [2.45, 2.75) is 12.3 Å². The summed E-state index contributed by atoms with van der Waals surface area (Å²) in [7, 11) is 0. The molecule has 2 aromatic carbocycles. The van der Waals surface area contributed by atoms with Crippen molar-refractivity contribution in [3.8, 4) is 0 Å². The quantitative estimate of drug-likeness (QED) is 0.576. The van der Waals surface area contributed by atoms with Crippen LogP contribution in [0.4, 0.5) is 4.39 Å². The molecule has 0 aliphatic carbocycles. The van der Waals surface area contributed by atoms with Crippen LogP contribution in [0.3, 0.4) is 0 Å². The van der Waals surface area contributed by atoms with Gasteiger partial charge >= 0.3 is 5.97 Å². The minimum atomic E-state index is -1.07. The monoisotopic (exact) mass is 369 g/mol. The Morgan fingerprint density at radius 2 is 2.00 bits per heavy atom. The van der Waals surface area contributed by atoms with E-state index in [9.17, 15) is 19.1 Å². The second kappa shape index (κ2) is 6.30. The first-order chi connectivity index (χ1) is 12.5. The first-order valence-corrected chi connectivity index (χ1v) is 8.59. The zero-order valence-electron chi connectivity index (χ0n) is 13.3. The van der Waals surface area contributed by atoms with Gasteiger partial charge in [0.2, 0.25) is 0 Å². The van der Waals surface area contributed by atoms with Crippen molar-refractivity contribution in [3.05, 3.63) is 69.3 Å². The molecule has 6 nitrogen and oxygen atoms in total. The number of hydrogen-bond acceptors (Lipinski definition) is 5. The van der Waals surface area contributed by atoms with Crippen LogP contribution in [0.15, 0.2) is 47.3 Å². The Balaban J connectivity index is 1.80. The van der Waals surface area contributed by atoms with E-state index in [1.807, 2.05) is 0 Å². The number of fused-ring (bicyclic) bond motifs is 2. The first-order valence-electron chi connectivity index (χ1n) is 7.78. The molecule has 0 aliphatic heterocycles. The average molecular weight is 369 g/mol. The van der Waals surface area contributed by atoms with Gasteiger partial charge in [-0.25, -0.2) is 14.5 Å². The highest BCUT2D eigenvalue weighted by atomic mass is 32.1. The van der Waals surface area contributed by atoms with Gasteiger partial charge in [0.25, 0.3) is 5.56 Å². The minimum Gasteiger partial charge on any atom is -0.481 e. The van der Waals surface area contributed by atoms with Crippen molar-refractivity contribution in [2.75, 3.05) is 0 Å². The number of aromatic nitrogens is 3. The predicted octanol–water partition coefficient (Wildman–Crippen LogP) is 3.08. The molecule has 1 atom stereocenters. The molecule has 0 bridgehead atoms. The van der Waals surface area contributed by atoms with Crippen LogP contribution in [-0.4, -0.2) is 26.3 Å². The van der Waals surface area contributed by atoms with Crippen molar-refractivity contribution in [2.24, 2.45) is 0 Å². The fourth-order valence-corrected chi connectivity index (χ4v) is 3.91. The van der Waals surface area contributed by atoms with Gasteiger partial charge in [-0.1, -0.05) is 18.2 Å². The highest BCUT2D eigenvalue weighted by molar-refractivity contribution is 7.18. The van der Waals surface area contributed by atoms with Crippen molar-refractivity contribution in [1.82, 2.24) is 15.2 Å². The first kappa shape index (κ1) is 16.3. The summed E-state index contributed by atoms with van der Waals surface area (Å²) >= 11 is 1.31. The summed E-state index contributed by atoms with van der Waals surface area (Å²) in [4.78, 5) is 28.1. The molecule has 0 radical (unpaired) electrons. The predicted molar refractivity (Wildman–Crippen MR) is 96.0 cm³/mol. The third-order valence-corrected chi connectivity index (χ3v) is 5.19. The maximum Gasteiger partial charge on any atom is 0.313 e. The molecule has 2 heterocycles. The summed E-state index contributed by atoms with van der Waals surface area (Å²) < 4.78 is 14.1. The molecule has 26 heavy (non-hydrogen) atoms. The number of carbonyl (C=O) groups is 1. The SMILES string of the molecule is O=C(O)C(Cc1nc2cc(F)ccc2s1)c1n[nH]c(=O)c2ccccc12. The summed E-state index contributed by atoms with van der Waals surface area (Å²) in [6, 6.07) is 11.0. The van der Waals surface area contributed by atoms with Crippen molar-refractivity contribution in [1.29, 1.82) is 0 Å². The number of H-pyrrole nitrogens is 1. The van der Waals surface area contributed by atoms with E-state index < -0.39 is 17.7 Å². The van der Waals surface area contributed by atoms with Crippen LogP contribution >= 0.6 is 11.3 Å². The fourth-order valence-electron chi connectivity index (χ4n) is 2.91. The number of benzene rings is 2. The van der Waals surface area contributed by atoms with E-state index in [0.29, 0.717) is 21.3 Å². The number of halogens is 1. The number of hydrogen-bond donors (Lipinski definition) is 2. The van der Waals surface area contributed by atoms with Gasteiger partial charge in [-0.3, -0.25) is 9.59 Å². The molecule has 0 saturated carbocycles. The molecule has 0 aliphatic rings. The molecule has 2 N–H and O–H groups in total. The van der Waals surface area contributed by atoms with Gasteiger partial charge in [-0.15, -0.1) is 11.3 Å². The lowest BCUT2D eigenvalue weighted by molar-refractivity contribution is -0.138. The van der Waals surface area contributed by atoms with Crippen LogP contribution in [0, 0.1) is 5.82 Å². The summed E-state index contributed by atoms with van der Waals surface area (Å²) in [5.74, 6) is -2.44. The standard InChI is InChI=1S/C18H12FN3O3S/c19-9-5-6-14-13(7-9)20-15(26-14)8-12(18(24)25)16-10-3-1-2-4-11(10)17(23)22-21-16/h1-7,12H,8H2,(H,22,23)(H,24,25). The highest BCUT2D eigenvalue weighted by Crippen LogP contribution is 2.29. The Labute approximate surface area is 149 Å². The van der Waals surface area contributed by atoms with Crippen LogP contribution in [-0.2, 0) is 11.2 Å². The zero-order chi connectivity index (χ0) is 18.3. The van der Waals surface area contributed by atoms with Gasteiger partial charge in [0.05, 0.1) is 26.3 Å². The maximum absolute atomic E-state index is 13.3. The third kappa shape index (κ3) is 2.84. The zero-order valence-corrected chi connectivity index (χ0v) is 14.1. The molecular weight excluding hydrogens is 357 g/mol. The number of rotatable bonds is 4. The van der Waals surface area contributed by atoms with E-state index in [0.717, 1.165) is 4.70 Å². The lowest BCUT2D eigenvalue weighted by atomic mass is 9.97. The smallest absolute Gasteiger partial charge is 0.313 e. The number of nitrogens with one attached hydrogen (secondary N) is 1. The summed E-state index contributed by atoms with van der Waals surface area (Å²) in [5, 5.41) is 17.5. The molecule has 8 heteroatoms.